The number of rotatable bonds is 10. The minimum absolute atomic E-state index is 0.166. The number of hydrogen-bond acceptors (Lipinski definition) is 5. The van der Waals surface area contributed by atoms with Gasteiger partial charge < -0.3 is 10.2 Å². The summed E-state index contributed by atoms with van der Waals surface area (Å²) in [7, 11) is 0. The molecular formula is C34H36ClF2N5O. The van der Waals surface area contributed by atoms with Crippen molar-refractivity contribution in [2.24, 2.45) is 9.98 Å². The van der Waals surface area contributed by atoms with E-state index in [1.807, 2.05) is 13.0 Å². The van der Waals surface area contributed by atoms with E-state index in [9.17, 15) is 9.18 Å². The molecule has 0 aliphatic carbocycles. The summed E-state index contributed by atoms with van der Waals surface area (Å²) in [6, 6.07) is 13.6. The first-order valence-corrected chi connectivity index (χ1v) is 14.8. The topological polar surface area (TPSA) is 70.0 Å². The second-order valence-electron chi connectivity index (χ2n) is 10.4. The number of pyridine rings is 1. The number of nitrogens with zero attached hydrogens (tertiary/aromatic N) is 4. The highest BCUT2D eigenvalue weighted by molar-refractivity contribution is 6.32. The molecule has 224 valence electrons. The molecule has 0 spiro atoms. The molecule has 0 bridgehead atoms. The first-order valence-electron chi connectivity index (χ1n) is 14.4. The van der Waals surface area contributed by atoms with Crippen molar-refractivity contribution in [2.45, 2.75) is 46.0 Å². The van der Waals surface area contributed by atoms with Gasteiger partial charge in [-0.1, -0.05) is 43.6 Å². The van der Waals surface area contributed by atoms with Crippen LogP contribution in [-0.2, 0) is 4.79 Å². The van der Waals surface area contributed by atoms with Crippen LogP contribution in [0.3, 0.4) is 0 Å². The monoisotopic (exact) mass is 603 g/mol. The molecule has 1 aliphatic heterocycles. The van der Waals surface area contributed by atoms with E-state index in [1.54, 1.807) is 49.4 Å². The molecule has 2 heterocycles. The van der Waals surface area contributed by atoms with Gasteiger partial charge in [0, 0.05) is 28.1 Å². The van der Waals surface area contributed by atoms with Gasteiger partial charge in [-0.05, 0) is 117 Å². The van der Waals surface area contributed by atoms with Gasteiger partial charge in [0.15, 0.2) is 0 Å². The van der Waals surface area contributed by atoms with Crippen LogP contribution in [0.1, 0.15) is 55.8 Å². The third-order valence-electron chi connectivity index (χ3n) is 7.72. The maximum atomic E-state index is 15.3. The third kappa shape index (κ3) is 7.89. The number of benzene rings is 2. The van der Waals surface area contributed by atoms with Crippen LogP contribution in [0.2, 0.25) is 5.02 Å². The molecule has 1 N–H and O–H groups in total. The molecule has 0 atom stereocenters. The van der Waals surface area contributed by atoms with E-state index in [0.29, 0.717) is 51.5 Å². The number of nitrogens with one attached hydrogen (secondary N) is 1. The zero-order valence-corrected chi connectivity index (χ0v) is 25.5. The van der Waals surface area contributed by atoms with E-state index in [2.05, 4.69) is 38.8 Å². The minimum atomic E-state index is -0.565. The lowest BCUT2D eigenvalue weighted by Gasteiger charge is -2.31. The number of amidine groups is 1. The van der Waals surface area contributed by atoms with Crippen molar-refractivity contribution in [3.05, 3.63) is 100.0 Å². The van der Waals surface area contributed by atoms with Crippen molar-refractivity contribution in [2.75, 3.05) is 19.6 Å². The van der Waals surface area contributed by atoms with E-state index in [1.165, 1.54) is 12.3 Å². The highest BCUT2D eigenvalue weighted by Gasteiger charge is 2.22. The molecule has 1 aliphatic rings. The molecule has 4 rings (SSSR count). The minimum Gasteiger partial charge on any atom is -0.313 e. The molecule has 2 aromatic carbocycles. The fourth-order valence-corrected chi connectivity index (χ4v) is 5.65. The Labute approximate surface area is 256 Å². The number of piperidine rings is 1. The second kappa shape index (κ2) is 14.9. The van der Waals surface area contributed by atoms with Gasteiger partial charge in [0.1, 0.15) is 11.7 Å². The van der Waals surface area contributed by atoms with Crippen LogP contribution >= 0.6 is 11.6 Å². The van der Waals surface area contributed by atoms with Crippen LogP contribution in [0.15, 0.2) is 76.4 Å². The predicted molar refractivity (Wildman–Crippen MR) is 172 cm³/mol. The van der Waals surface area contributed by atoms with E-state index < -0.39 is 5.95 Å². The number of halogens is 3. The lowest BCUT2D eigenvalue weighted by Crippen LogP contribution is -2.32. The van der Waals surface area contributed by atoms with E-state index in [4.69, 9.17) is 11.6 Å². The summed E-state index contributed by atoms with van der Waals surface area (Å²) in [6.45, 7) is 12.3. The Hall–Kier alpha value is -4.01. The number of carbonyl (C=O) groups is 1. The number of aryl methyl sites for hydroxylation is 1. The summed E-state index contributed by atoms with van der Waals surface area (Å²) in [6.07, 6.45) is 6.16. The largest absolute Gasteiger partial charge is 0.313 e. The van der Waals surface area contributed by atoms with E-state index in [0.717, 1.165) is 43.6 Å². The summed E-state index contributed by atoms with van der Waals surface area (Å²) >= 11 is 6.69. The van der Waals surface area contributed by atoms with Gasteiger partial charge in [0.2, 0.25) is 12.4 Å². The molecule has 1 amide bonds. The molecule has 3 aromatic rings. The summed E-state index contributed by atoms with van der Waals surface area (Å²) in [5, 5.41) is 3.04. The van der Waals surface area contributed by atoms with Gasteiger partial charge in [0.25, 0.3) is 0 Å². The van der Waals surface area contributed by atoms with Crippen molar-refractivity contribution in [3.8, 4) is 11.1 Å². The van der Waals surface area contributed by atoms with Gasteiger partial charge in [0.05, 0.1) is 5.69 Å². The van der Waals surface area contributed by atoms with Crippen molar-refractivity contribution in [1.82, 2.24) is 15.2 Å². The number of aromatic nitrogens is 1. The van der Waals surface area contributed by atoms with Crippen molar-refractivity contribution in [3.63, 3.8) is 0 Å². The Balaban J connectivity index is 1.65. The first kappa shape index (κ1) is 31.9. The van der Waals surface area contributed by atoms with Crippen molar-refractivity contribution < 1.29 is 13.6 Å². The average molecular weight is 604 g/mol. The number of hydrogen-bond donors (Lipinski definition) is 1. The van der Waals surface area contributed by atoms with Gasteiger partial charge in [-0.3, -0.25) is 9.79 Å². The van der Waals surface area contributed by atoms with Gasteiger partial charge in [-0.2, -0.15) is 4.39 Å². The first-order chi connectivity index (χ1) is 20.8. The zero-order valence-electron chi connectivity index (χ0n) is 24.7. The van der Waals surface area contributed by atoms with E-state index in [-0.39, 0.29) is 17.6 Å². The average Bonchev–Trinajstić information content (AvgIpc) is 2.99. The Morgan fingerprint density at radius 1 is 1.14 bits per heavy atom. The molecule has 9 heteroatoms. The maximum Gasteiger partial charge on any atom is 0.220 e. The van der Waals surface area contributed by atoms with E-state index >= 15 is 4.39 Å². The standard InChI is InChI=1S/C34H36ClF2N5O/c1-5-23(28-11-8-25(18-31(28)35)30-10-7-22(3)40-33(30)37)17-26(20-38-4)34(39-21-43)41-27-9-12-29(32(36)19-27)24-13-15-42(6-2)16-14-24/h7-12,17-21,24H,4-6,13-16H2,1-3H3,(H,39,41,43)/b23-17+,26-20-. The van der Waals surface area contributed by atoms with Gasteiger partial charge in [-0.25, -0.2) is 14.4 Å². The Kier molecular flexibility index (Phi) is 11.1. The molecule has 6 nitrogen and oxygen atoms in total. The summed E-state index contributed by atoms with van der Waals surface area (Å²) in [4.78, 5) is 26.3. The van der Waals surface area contributed by atoms with Gasteiger partial charge >= 0.3 is 0 Å². The normalized spacial score (nSPS) is 15.4. The maximum absolute atomic E-state index is 15.3. The van der Waals surface area contributed by atoms with Crippen LogP contribution in [0.4, 0.5) is 14.5 Å². The number of aliphatic imine (C=N–C) groups is 2. The number of likely N-dealkylation sites (tertiary alicyclic amines) is 1. The van der Waals surface area contributed by atoms with Crippen LogP contribution in [-0.4, -0.2) is 48.5 Å². The smallest absolute Gasteiger partial charge is 0.220 e. The summed E-state index contributed by atoms with van der Waals surface area (Å²) < 4.78 is 29.8. The number of amides is 1. The van der Waals surface area contributed by atoms with Crippen LogP contribution in [0, 0.1) is 18.7 Å². The molecule has 1 aromatic heterocycles. The fraction of sp³-hybridized carbons (Fsp3) is 0.294. The molecular weight excluding hydrogens is 568 g/mol. The number of allylic oxidation sites excluding steroid dienone is 1. The predicted octanol–water partition coefficient (Wildman–Crippen LogP) is 8.04. The third-order valence-corrected chi connectivity index (χ3v) is 8.04. The van der Waals surface area contributed by atoms with Gasteiger partial charge in [-0.15, -0.1) is 0 Å². The Morgan fingerprint density at radius 2 is 1.91 bits per heavy atom. The Morgan fingerprint density at radius 3 is 2.51 bits per heavy atom. The van der Waals surface area contributed by atoms with Crippen LogP contribution < -0.4 is 5.32 Å². The molecule has 0 saturated carbocycles. The Bertz CT molecular complexity index is 1570. The molecule has 0 unspecified atom stereocenters. The summed E-state index contributed by atoms with van der Waals surface area (Å²) in [5.41, 5.74) is 4.57. The zero-order chi connectivity index (χ0) is 30.9. The van der Waals surface area contributed by atoms with Crippen molar-refractivity contribution in [1.29, 1.82) is 0 Å². The lowest BCUT2D eigenvalue weighted by molar-refractivity contribution is -0.108. The summed E-state index contributed by atoms with van der Waals surface area (Å²) in [5.74, 6) is -0.536. The number of carbonyl (C=O) groups excluding carboxylic acids is 1. The quantitative estimate of drug-likeness (QED) is 0.0838. The lowest BCUT2D eigenvalue weighted by atomic mass is 9.89. The molecule has 0 radical (unpaired) electrons. The highest BCUT2D eigenvalue weighted by Crippen LogP contribution is 2.34. The highest BCUT2D eigenvalue weighted by atomic mass is 35.5. The van der Waals surface area contributed by atoms with Crippen LogP contribution in [0.25, 0.3) is 16.7 Å². The SMILES string of the molecule is C=N/C=C(/C=C(\CC)c1ccc(-c2ccc(C)nc2F)cc1Cl)C(=Nc1ccc(C2CCN(CC)CC2)c(F)c1)NC=O. The second-order valence-corrected chi connectivity index (χ2v) is 10.8. The molecule has 1 fully saturated rings. The molecule has 1 saturated heterocycles. The van der Waals surface area contributed by atoms with Crippen LogP contribution in [0.5, 0.6) is 0 Å². The molecule has 43 heavy (non-hydrogen) atoms. The fourth-order valence-electron chi connectivity index (χ4n) is 5.35. The van der Waals surface area contributed by atoms with Crippen molar-refractivity contribution >= 4 is 41.8 Å².